The van der Waals surface area contributed by atoms with Crippen LogP contribution in [-0.2, 0) is 0 Å². The number of benzene rings is 1. The van der Waals surface area contributed by atoms with E-state index in [1.165, 1.54) is 18.2 Å². The first-order chi connectivity index (χ1) is 9.91. The molecule has 21 heavy (non-hydrogen) atoms. The number of piperidine rings is 1. The van der Waals surface area contributed by atoms with Crippen LogP contribution < -0.4 is 10.6 Å². The van der Waals surface area contributed by atoms with Crippen molar-refractivity contribution in [2.24, 2.45) is 5.41 Å². The molecule has 2 N–H and O–H groups in total. The first-order valence-corrected chi connectivity index (χ1v) is 7.63. The highest BCUT2D eigenvalue weighted by Gasteiger charge is 2.27. The zero-order valence-corrected chi connectivity index (χ0v) is 13.4. The molecule has 1 amide bonds. The van der Waals surface area contributed by atoms with Gasteiger partial charge in [0.15, 0.2) is 0 Å². The first kappa shape index (κ1) is 15.9. The number of hydrogen-bond acceptors (Lipinski definition) is 4. The lowest BCUT2D eigenvalue weighted by atomic mass is 9.83. The summed E-state index contributed by atoms with van der Waals surface area (Å²) in [5.74, 6) is -0.294. The number of amides is 1. The minimum absolute atomic E-state index is 0.0289. The molecule has 0 radical (unpaired) electrons. The van der Waals surface area contributed by atoms with Crippen LogP contribution in [0.5, 0.6) is 0 Å². The summed E-state index contributed by atoms with van der Waals surface area (Å²) < 4.78 is 0.553. The molecule has 0 bridgehead atoms. The van der Waals surface area contributed by atoms with Gasteiger partial charge in [0.05, 0.1) is 10.5 Å². The van der Waals surface area contributed by atoms with Crippen molar-refractivity contribution < 1.29 is 9.72 Å². The third-order valence-corrected chi connectivity index (χ3v) is 4.46. The summed E-state index contributed by atoms with van der Waals surface area (Å²) in [4.78, 5) is 22.5. The highest BCUT2D eigenvalue weighted by Crippen LogP contribution is 2.25. The summed E-state index contributed by atoms with van der Waals surface area (Å²) in [6.07, 6.45) is 2.14. The Labute approximate surface area is 131 Å². The van der Waals surface area contributed by atoms with E-state index in [0.717, 1.165) is 25.9 Å². The smallest absolute Gasteiger partial charge is 0.270 e. The highest BCUT2D eigenvalue weighted by molar-refractivity contribution is 9.10. The second-order valence-corrected chi connectivity index (χ2v) is 6.55. The first-order valence-electron chi connectivity index (χ1n) is 6.84. The molecule has 1 heterocycles. The summed E-state index contributed by atoms with van der Waals surface area (Å²) in [5.41, 5.74) is 0.228. The fraction of sp³-hybridized carbons (Fsp3) is 0.500. The average Bonchev–Trinajstić information content (AvgIpc) is 2.46. The Balaban J connectivity index is 2.06. The van der Waals surface area contributed by atoms with Crippen LogP contribution in [0.3, 0.4) is 0 Å². The molecule has 1 aliphatic rings. The van der Waals surface area contributed by atoms with Crippen LogP contribution in [0.4, 0.5) is 5.69 Å². The molecule has 1 saturated heterocycles. The van der Waals surface area contributed by atoms with E-state index < -0.39 is 4.92 Å². The van der Waals surface area contributed by atoms with Crippen LogP contribution >= 0.6 is 15.9 Å². The second-order valence-electron chi connectivity index (χ2n) is 5.69. The van der Waals surface area contributed by atoms with Gasteiger partial charge in [0.2, 0.25) is 0 Å². The fourth-order valence-corrected chi connectivity index (χ4v) is 2.89. The van der Waals surface area contributed by atoms with E-state index in [4.69, 9.17) is 0 Å². The minimum Gasteiger partial charge on any atom is -0.351 e. The number of nitrogens with one attached hydrogen (secondary N) is 2. The number of carbonyl (C=O) groups is 1. The van der Waals surface area contributed by atoms with Gasteiger partial charge in [-0.3, -0.25) is 14.9 Å². The monoisotopic (exact) mass is 355 g/mol. The Morgan fingerprint density at radius 2 is 2.33 bits per heavy atom. The van der Waals surface area contributed by atoms with Gasteiger partial charge in [0.25, 0.3) is 11.6 Å². The van der Waals surface area contributed by atoms with Gasteiger partial charge >= 0.3 is 0 Å². The highest BCUT2D eigenvalue weighted by atomic mass is 79.9. The van der Waals surface area contributed by atoms with Crippen molar-refractivity contribution in [3.63, 3.8) is 0 Å². The summed E-state index contributed by atoms with van der Waals surface area (Å²) in [6.45, 7) is 4.55. The predicted molar refractivity (Wildman–Crippen MR) is 83.3 cm³/mol. The number of rotatable bonds is 4. The van der Waals surface area contributed by atoms with Gasteiger partial charge in [-0.05, 0) is 46.8 Å². The van der Waals surface area contributed by atoms with Crippen molar-refractivity contribution in [1.29, 1.82) is 0 Å². The maximum Gasteiger partial charge on any atom is 0.270 e. The van der Waals surface area contributed by atoms with Gasteiger partial charge in [-0.25, -0.2) is 0 Å². The third-order valence-electron chi connectivity index (χ3n) is 3.77. The van der Waals surface area contributed by atoms with Crippen molar-refractivity contribution in [3.05, 3.63) is 38.3 Å². The number of non-ortho nitro benzene ring substituents is 1. The number of carbonyl (C=O) groups excluding carboxylic acids is 1. The Hall–Kier alpha value is -1.47. The fourth-order valence-electron chi connectivity index (χ4n) is 2.46. The molecule has 1 aromatic rings. The molecule has 1 unspecified atom stereocenters. The molecule has 1 fully saturated rings. The SMILES string of the molecule is CC1(CNC(=O)c2cc([N+](=O)[O-])ccc2Br)CCCNC1. The van der Waals surface area contributed by atoms with E-state index in [9.17, 15) is 14.9 Å². The van der Waals surface area contributed by atoms with Crippen LogP contribution in [0, 0.1) is 15.5 Å². The molecule has 0 saturated carbocycles. The lowest BCUT2D eigenvalue weighted by Gasteiger charge is -2.34. The molecule has 0 aliphatic carbocycles. The van der Waals surface area contributed by atoms with Crippen molar-refractivity contribution in [2.45, 2.75) is 19.8 Å². The summed E-state index contributed by atoms with van der Waals surface area (Å²) in [7, 11) is 0. The maximum absolute atomic E-state index is 12.2. The summed E-state index contributed by atoms with van der Waals surface area (Å²) in [6, 6.07) is 4.19. The van der Waals surface area contributed by atoms with Crippen molar-refractivity contribution in [1.82, 2.24) is 10.6 Å². The zero-order valence-electron chi connectivity index (χ0n) is 11.8. The topological polar surface area (TPSA) is 84.3 Å². The lowest BCUT2D eigenvalue weighted by molar-refractivity contribution is -0.384. The molecular weight excluding hydrogens is 338 g/mol. The normalized spacial score (nSPS) is 21.8. The van der Waals surface area contributed by atoms with Crippen LogP contribution in [0.1, 0.15) is 30.1 Å². The van der Waals surface area contributed by atoms with Crippen LogP contribution in [-0.4, -0.2) is 30.5 Å². The van der Waals surface area contributed by atoms with E-state index >= 15 is 0 Å². The average molecular weight is 356 g/mol. The van der Waals surface area contributed by atoms with Gasteiger partial charge < -0.3 is 10.6 Å². The van der Waals surface area contributed by atoms with E-state index in [0.29, 0.717) is 11.0 Å². The largest absolute Gasteiger partial charge is 0.351 e. The van der Waals surface area contributed by atoms with Crippen molar-refractivity contribution >= 4 is 27.5 Å². The van der Waals surface area contributed by atoms with E-state index in [1.54, 1.807) is 0 Å². The van der Waals surface area contributed by atoms with E-state index in [2.05, 4.69) is 33.5 Å². The number of nitro groups is 1. The minimum atomic E-state index is -0.504. The van der Waals surface area contributed by atoms with Gasteiger partial charge in [-0.2, -0.15) is 0 Å². The van der Waals surface area contributed by atoms with Gasteiger partial charge in [0.1, 0.15) is 0 Å². The van der Waals surface area contributed by atoms with E-state index in [-0.39, 0.29) is 22.6 Å². The molecule has 0 spiro atoms. The summed E-state index contributed by atoms with van der Waals surface area (Å²) in [5, 5.41) is 17.0. The molecular formula is C14H18BrN3O3. The van der Waals surface area contributed by atoms with E-state index in [1.807, 2.05) is 0 Å². The lowest BCUT2D eigenvalue weighted by Crippen LogP contribution is -2.45. The van der Waals surface area contributed by atoms with Crippen molar-refractivity contribution in [2.75, 3.05) is 19.6 Å². The van der Waals surface area contributed by atoms with Crippen LogP contribution in [0.15, 0.2) is 22.7 Å². The quantitative estimate of drug-likeness (QED) is 0.641. The van der Waals surface area contributed by atoms with Gasteiger partial charge in [-0.1, -0.05) is 6.92 Å². The molecule has 0 aromatic heterocycles. The second kappa shape index (κ2) is 6.53. The van der Waals surface area contributed by atoms with Crippen LogP contribution in [0.25, 0.3) is 0 Å². The molecule has 1 atom stereocenters. The van der Waals surface area contributed by atoms with Crippen molar-refractivity contribution in [3.8, 4) is 0 Å². The number of nitro benzene ring substituents is 1. The van der Waals surface area contributed by atoms with Crippen LogP contribution in [0.2, 0.25) is 0 Å². The third kappa shape index (κ3) is 4.01. The van der Waals surface area contributed by atoms with Gasteiger partial charge in [-0.15, -0.1) is 0 Å². The predicted octanol–water partition coefficient (Wildman–Crippen LogP) is 2.48. The molecule has 1 aliphatic heterocycles. The van der Waals surface area contributed by atoms with Gasteiger partial charge in [0, 0.05) is 29.7 Å². The number of nitrogens with zero attached hydrogens (tertiary/aromatic N) is 1. The Morgan fingerprint density at radius 3 is 2.95 bits per heavy atom. The summed E-state index contributed by atoms with van der Waals surface area (Å²) >= 11 is 3.26. The molecule has 7 heteroatoms. The Kier molecular flexibility index (Phi) is 4.95. The number of hydrogen-bond donors (Lipinski definition) is 2. The maximum atomic E-state index is 12.2. The molecule has 2 rings (SSSR count). The zero-order chi connectivity index (χ0) is 15.5. The standard InChI is InChI=1S/C14H18BrN3O3/c1-14(5-2-6-16-8-14)9-17-13(19)11-7-10(18(20)21)3-4-12(11)15/h3-4,7,16H,2,5-6,8-9H2,1H3,(H,17,19). The molecule has 114 valence electrons. The molecule has 6 nitrogen and oxygen atoms in total. The molecule has 1 aromatic carbocycles. The number of halogens is 1. The Morgan fingerprint density at radius 1 is 1.57 bits per heavy atom. The Bertz CT molecular complexity index is 556.